The van der Waals surface area contributed by atoms with Crippen molar-refractivity contribution in [2.24, 2.45) is 0 Å². The van der Waals surface area contributed by atoms with Crippen LogP contribution in [0.2, 0.25) is 0 Å². The Morgan fingerprint density at radius 2 is 2.11 bits per heavy atom. The number of benzene rings is 1. The summed E-state index contributed by atoms with van der Waals surface area (Å²) in [7, 11) is 1.70. The van der Waals surface area contributed by atoms with E-state index in [9.17, 15) is 9.59 Å². The van der Waals surface area contributed by atoms with Gasteiger partial charge in [-0.15, -0.1) is 0 Å². The van der Waals surface area contributed by atoms with Crippen molar-refractivity contribution in [2.45, 2.75) is 19.8 Å². The largest absolute Gasteiger partial charge is 0.399 e. The van der Waals surface area contributed by atoms with Crippen LogP contribution in [0.1, 0.15) is 25.3 Å². The van der Waals surface area contributed by atoms with Crippen LogP contribution in [0.3, 0.4) is 0 Å². The van der Waals surface area contributed by atoms with Crippen LogP contribution >= 0.6 is 0 Å². The lowest BCUT2D eigenvalue weighted by molar-refractivity contribution is -0.132. The van der Waals surface area contributed by atoms with Gasteiger partial charge in [0.05, 0.1) is 12.5 Å². The molecule has 1 rings (SSSR count). The molecule has 0 heterocycles. The van der Waals surface area contributed by atoms with Crippen LogP contribution in [0.25, 0.3) is 0 Å². The molecule has 0 aromatic heterocycles. The Morgan fingerprint density at radius 1 is 1.42 bits per heavy atom. The van der Waals surface area contributed by atoms with E-state index in [0.29, 0.717) is 12.2 Å². The molecule has 3 N–H and O–H groups in total. The van der Waals surface area contributed by atoms with Gasteiger partial charge in [0.25, 0.3) is 0 Å². The smallest absolute Gasteiger partial charge is 0.241 e. The molecule has 0 saturated heterocycles. The molecule has 0 saturated carbocycles. The summed E-state index contributed by atoms with van der Waals surface area (Å²) in [5.74, 6) is -0.609. The quantitative estimate of drug-likeness (QED) is 0.777. The fourth-order valence-corrected chi connectivity index (χ4v) is 1.61. The fraction of sp³-hybridized carbons (Fsp3) is 0.429. The summed E-state index contributed by atoms with van der Waals surface area (Å²) in [5, 5.41) is 2.64. The van der Waals surface area contributed by atoms with E-state index >= 15 is 0 Å². The van der Waals surface area contributed by atoms with Gasteiger partial charge in [-0.25, -0.2) is 0 Å². The maximum Gasteiger partial charge on any atom is 0.241 e. The third-order valence-corrected chi connectivity index (χ3v) is 3.12. The van der Waals surface area contributed by atoms with Crippen LogP contribution in [0.5, 0.6) is 0 Å². The summed E-state index contributed by atoms with van der Waals surface area (Å²) in [6.45, 7) is 4.32. The van der Waals surface area contributed by atoms with Gasteiger partial charge in [-0.1, -0.05) is 12.1 Å². The standard InChI is InChI=1S/C14H21N3O2/c1-4-17(3)13(18)9-16-14(19)10(2)11-6-5-7-12(15)8-11/h5-8,10H,4,9,15H2,1-3H3,(H,16,19). The summed E-state index contributed by atoms with van der Waals surface area (Å²) in [6.07, 6.45) is 0. The van der Waals surface area contributed by atoms with Gasteiger partial charge in [0.2, 0.25) is 11.8 Å². The first-order valence-electron chi connectivity index (χ1n) is 6.32. The van der Waals surface area contributed by atoms with Crippen molar-refractivity contribution >= 4 is 17.5 Å². The lowest BCUT2D eigenvalue weighted by Crippen LogP contribution is -2.39. The third-order valence-electron chi connectivity index (χ3n) is 3.12. The summed E-state index contributed by atoms with van der Waals surface area (Å²) in [4.78, 5) is 25.1. The van der Waals surface area contributed by atoms with Gasteiger partial charge < -0.3 is 16.0 Å². The predicted molar refractivity (Wildman–Crippen MR) is 75.6 cm³/mol. The highest BCUT2D eigenvalue weighted by Gasteiger charge is 2.16. The molecule has 1 atom stereocenters. The number of nitrogens with one attached hydrogen (secondary N) is 1. The number of hydrogen-bond acceptors (Lipinski definition) is 3. The molecule has 5 heteroatoms. The Kier molecular flexibility index (Phi) is 5.36. The zero-order valence-electron chi connectivity index (χ0n) is 11.6. The average molecular weight is 263 g/mol. The van der Waals surface area contributed by atoms with Crippen molar-refractivity contribution in [3.63, 3.8) is 0 Å². The number of amides is 2. The number of nitrogens with zero attached hydrogens (tertiary/aromatic N) is 1. The van der Waals surface area contributed by atoms with Gasteiger partial charge in [-0.3, -0.25) is 9.59 Å². The van der Waals surface area contributed by atoms with Gasteiger partial charge in [0, 0.05) is 19.3 Å². The van der Waals surface area contributed by atoms with Crippen LogP contribution in [-0.2, 0) is 9.59 Å². The summed E-state index contributed by atoms with van der Waals surface area (Å²) in [5.41, 5.74) is 7.15. The van der Waals surface area contributed by atoms with Crippen LogP contribution in [0, 0.1) is 0 Å². The van der Waals surface area contributed by atoms with Crippen LogP contribution in [0.15, 0.2) is 24.3 Å². The Labute approximate surface area is 113 Å². The molecule has 1 aromatic rings. The molecular formula is C14H21N3O2. The van der Waals surface area contributed by atoms with E-state index < -0.39 is 0 Å². The maximum absolute atomic E-state index is 11.9. The van der Waals surface area contributed by atoms with Crippen molar-refractivity contribution in [3.05, 3.63) is 29.8 Å². The molecule has 1 aromatic carbocycles. The van der Waals surface area contributed by atoms with Crippen molar-refractivity contribution < 1.29 is 9.59 Å². The Bertz CT molecular complexity index is 460. The Hall–Kier alpha value is -2.04. The molecule has 104 valence electrons. The van der Waals surface area contributed by atoms with Crippen molar-refractivity contribution in [3.8, 4) is 0 Å². The topological polar surface area (TPSA) is 75.4 Å². The minimum Gasteiger partial charge on any atom is -0.399 e. The number of nitrogen functional groups attached to an aromatic ring is 1. The van der Waals surface area contributed by atoms with E-state index in [0.717, 1.165) is 5.56 Å². The summed E-state index contributed by atoms with van der Waals surface area (Å²) < 4.78 is 0. The molecule has 1 unspecified atom stereocenters. The molecule has 0 aliphatic carbocycles. The van der Waals surface area contributed by atoms with Gasteiger partial charge >= 0.3 is 0 Å². The number of anilines is 1. The summed E-state index contributed by atoms with van der Waals surface area (Å²) >= 11 is 0. The lowest BCUT2D eigenvalue weighted by Gasteiger charge is -2.16. The molecule has 0 aliphatic rings. The molecule has 0 spiro atoms. The molecule has 0 bridgehead atoms. The number of hydrogen-bond donors (Lipinski definition) is 2. The van der Waals surface area contributed by atoms with Crippen LogP contribution < -0.4 is 11.1 Å². The second-order valence-corrected chi connectivity index (χ2v) is 4.52. The first-order chi connectivity index (χ1) is 8.95. The van der Waals surface area contributed by atoms with E-state index in [1.807, 2.05) is 19.1 Å². The van der Waals surface area contributed by atoms with E-state index in [1.165, 1.54) is 0 Å². The summed E-state index contributed by atoms with van der Waals surface area (Å²) in [6, 6.07) is 7.20. The molecule has 2 amide bonds. The fourth-order valence-electron chi connectivity index (χ4n) is 1.61. The minimum absolute atomic E-state index is 0.0236. The Morgan fingerprint density at radius 3 is 2.68 bits per heavy atom. The van der Waals surface area contributed by atoms with E-state index in [1.54, 1.807) is 31.0 Å². The lowest BCUT2D eigenvalue weighted by atomic mass is 10.00. The third kappa shape index (κ3) is 4.28. The predicted octanol–water partition coefficient (Wildman–Crippen LogP) is 0.967. The second kappa shape index (κ2) is 6.78. The highest BCUT2D eigenvalue weighted by molar-refractivity contribution is 5.88. The van der Waals surface area contributed by atoms with Crippen LogP contribution in [-0.4, -0.2) is 36.9 Å². The normalized spacial score (nSPS) is 11.7. The SMILES string of the molecule is CCN(C)C(=O)CNC(=O)C(C)c1cccc(N)c1. The highest BCUT2D eigenvalue weighted by atomic mass is 16.2. The second-order valence-electron chi connectivity index (χ2n) is 4.52. The monoisotopic (exact) mass is 263 g/mol. The number of nitrogens with two attached hydrogens (primary N) is 1. The first kappa shape index (κ1) is 15.0. The zero-order chi connectivity index (χ0) is 14.4. The molecular weight excluding hydrogens is 242 g/mol. The number of rotatable bonds is 5. The first-order valence-corrected chi connectivity index (χ1v) is 6.32. The minimum atomic E-state index is -0.330. The van der Waals surface area contributed by atoms with E-state index in [4.69, 9.17) is 5.73 Å². The Balaban J connectivity index is 2.56. The molecule has 5 nitrogen and oxygen atoms in total. The molecule has 0 radical (unpaired) electrons. The van der Waals surface area contributed by atoms with Gasteiger partial charge in [0.1, 0.15) is 0 Å². The highest BCUT2D eigenvalue weighted by Crippen LogP contribution is 2.17. The van der Waals surface area contributed by atoms with Gasteiger partial charge in [-0.2, -0.15) is 0 Å². The van der Waals surface area contributed by atoms with Crippen LogP contribution in [0.4, 0.5) is 5.69 Å². The number of carbonyl (C=O) groups is 2. The molecule has 19 heavy (non-hydrogen) atoms. The van der Waals surface area contributed by atoms with Crippen molar-refractivity contribution in [2.75, 3.05) is 25.9 Å². The number of likely N-dealkylation sites (N-methyl/N-ethyl adjacent to an activating group) is 1. The molecule has 0 fully saturated rings. The van der Waals surface area contributed by atoms with Gasteiger partial charge in [0.15, 0.2) is 0 Å². The van der Waals surface area contributed by atoms with Gasteiger partial charge in [-0.05, 0) is 31.5 Å². The number of carbonyl (C=O) groups excluding carboxylic acids is 2. The zero-order valence-corrected chi connectivity index (χ0v) is 11.6. The van der Waals surface area contributed by atoms with E-state index in [2.05, 4.69) is 5.32 Å². The van der Waals surface area contributed by atoms with E-state index in [-0.39, 0.29) is 24.3 Å². The van der Waals surface area contributed by atoms with Crippen molar-refractivity contribution in [1.29, 1.82) is 0 Å². The maximum atomic E-state index is 11.9. The molecule has 0 aliphatic heterocycles. The van der Waals surface area contributed by atoms with Crippen molar-refractivity contribution in [1.82, 2.24) is 10.2 Å². The average Bonchev–Trinajstić information content (AvgIpc) is 2.42.